The van der Waals surface area contributed by atoms with Crippen LogP contribution in [0.25, 0.3) is 0 Å². The average Bonchev–Trinajstić information content (AvgIpc) is 1.56. The minimum atomic E-state index is -2.80. The molecule has 1 aliphatic rings. The fourth-order valence-corrected chi connectivity index (χ4v) is 1.22. The van der Waals surface area contributed by atoms with Crippen LogP contribution in [0.15, 0.2) is 11.6 Å². The summed E-state index contributed by atoms with van der Waals surface area (Å²) in [6.07, 6.45) is 3.03. The van der Waals surface area contributed by atoms with Gasteiger partial charge in [0.05, 0.1) is 5.75 Å². The summed E-state index contributed by atoms with van der Waals surface area (Å²) < 4.78 is 21.2. The van der Waals surface area contributed by atoms with Gasteiger partial charge in [-0.15, -0.1) is 0 Å². The molecule has 58 valence electrons. The van der Waals surface area contributed by atoms with E-state index < -0.39 is 9.84 Å². The van der Waals surface area contributed by atoms with Gasteiger partial charge in [0.15, 0.2) is 9.84 Å². The Balaban J connectivity index is 2.41. The first-order valence-electron chi connectivity index (χ1n) is 3.14. The third kappa shape index (κ3) is 2.49. The maximum absolute atomic E-state index is 10.6. The first-order chi connectivity index (χ1) is 4.58. The molecular weight excluding hydrogens is 150 g/mol. The Bertz CT molecular complexity index is 234. The van der Waals surface area contributed by atoms with E-state index in [0.717, 1.165) is 13.1 Å². The fraction of sp³-hybridized carbons (Fsp3) is 0.667. The molecule has 0 aromatic carbocycles. The van der Waals surface area contributed by atoms with Gasteiger partial charge in [-0.25, -0.2) is 8.42 Å². The Kier molecular flexibility index (Phi) is 2.11. The van der Waals surface area contributed by atoms with Crippen molar-refractivity contribution in [1.29, 1.82) is 0 Å². The lowest BCUT2D eigenvalue weighted by Crippen LogP contribution is -2.34. The van der Waals surface area contributed by atoms with Gasteiger partial charge in [-0.1, -0.05) is 6.08 Å². The van der Waals surface area contributed by atoms with E-state index >= 15 is 0 Å². The maximum atomic E-state index is 10.6. The van der Waals surface area contributed by atoms with Crippen LogP contribution in [0.5, 0.6) is 0 Å². The molecule has 0 spiro atoms. The molecule has 0 radical (unpaired) electrons. The summed E-state index contributed by atoms with van der Waals surface area (Å²) in [6, 6.07) is 0. The Morgan fingerprint density at radius 3 is 2.50 bits per heavy atom. The molecule has 1 saturated heterocycles. The minimum Gasteiger partial charge on any atom is -0.309 e. The van der Waals surface area contributed by atoms with Crippen molar-refractivity contribution in [2.75, 3.05) is 25.1 Å². The van der Waals surface area contributed by atoms with Crippen LogP contribution in [-0.2, 0) is 9.84 Å². The third-order valence-electron chi connectivity index (χ3n) is 1.38. The molecule has 4 heteroatoms. The Morgan fingerprint density at radius 2 is 2.20 bits per heavy atom. The maximum Gasteiger partial charge on any atom is 0.151 e. The predicted octanol–water partition coefficient (Wildman–Crippen LogP) is -0.439. The summed E-state index contributed by atoms with van der Waals surface area (Å²) in [6.45, 7) is 1.71. The monoisotopic (exact) mass is 161 g/mol. The van der Waals surface area contributed by atoms with E-state index in [1.165, 1.54) is 11.8 Å². The summed E-state index contributed by atoms with van der Waals surface area (Å²) in [7, 11) is -2.80. The number of hydrogen-bond donors (Lipinski definition) is 1. The Labute approximate surface area is 61.0 Å². The largest absolute Gasteiger partial charge is 0.309 e. The standard InChI is InChI=1S/C6H11NO2S/c1-10(8,9)3-2-6-4-7-5-6/h2,7H,3-5H2,1H3. The summed E-state index contributed by atoms with van der Waals surface area (Å²) >= 11 is 0. The normalized spacial score (nSPS) is 18.3. The molecule has 0 amide bonds. The highest BCUT2D eigenvalue weighted by molar-refractivity contribution is 7.90. The van der Waals surface area contributed by atoms with Crippen LogP contribution in [-0.4, -0.2) is 33.5 Å². The first-order valence-corrected chi connectivity index (χ1v) is 5.20. The van der Waals surface area contributed by atoms with Crippen molar-refractivity contribution in [3.63, 3.8) is 0 Å². The van der Waals surface area contributed by atoms with E-state index in [0.29, 0.717) is 0 Å². The molecule has 1 rings (SSSR count). The van der Waals surface area contributed by atoms with Gasteiger partial charge in [0.25, 0.3) is 0 Å². The van der Waals surface area contributed by atoms with E-state index in [9.17, 15) is 8.42 Å². The molecule has 0 aromatic rings. The van der Waals surface area contributed by atoms with Crippen LogP contribution in [0.1, 0.15) is 0 Å². The molecule has 1 aliphatic heterocycles. The molecule has 1 heterocycles. The first kappa shape index (κ1) is 7.75. The predicted molar refractivity (Wildman–Crippen MR) is 40.7 cm³/mol. The zero-order valence-corrected chi connectivity index (χ0v) is 6.74. The highest BCUT2D eigenvalue weighted by atomic mass is 32.2. The lowest BCUT2D eigenvalue weighted by atomic mass is 10.1. The van der Waals surface area contributed by atoms with Crippen LogP contribution in [0, 0.1) is 0 Å². The van der Waals surface area contributed by atoms with E-state index in [4.69, 9.17) is 0 Å². The lowest BCUT2D eigenvalue weighted by Gasteiger charge is -2.17. The van der Waals surface area contributed by atoms with Gasteiger partial charge in [0.1, 0.15) is 0 Å². The second kappa shape index (κ2) is 2.72. The van der Waals surface area contributed by atoms with Crippen LogP contribution in [0.3, 0.4) is 0 Å². The topological polar surface area (TPSA) is 46.2 Å². The van der Waals surface area contributed by atoms with E-state index in [-0.39, 0.29) is 5.75 Å². The molecule has 0 bridgehead atoms. The molecule has 3 nitrogen and oxygen atoms in total. The average molecular weight is 161 g/mol. The molecule has 0 aliphatic carbocycles. The van der Waals surface area contributed by atoms with E-state index in [1.807, 2.05) is 0 Å². The number of sulfone groups is 1. The molecule has 0 atom stereocenters. The van der Waals surface area contributed by atoms with Gasteiger partial charge >= 0.3 is 0 Å². The van der Waals surface area contributed by atoms with Crippen LogP contribution >= 0.6 is 0 Å². The molecule has 0 unspecified atom stereocenters. The van der Waals surface area contributed by atoms with Crippen LogP contribution in [0.4, 0.5) is 0 Å². The second-order valence-electron chi connectivity index (χ2n) is 2.56. The van der Waals surface area contributed by atoms with Crippen LogP contribution in [0.2, 0.25) is 0 Å². The SMILES string of the molecule is CS(=O)(=O)CC=C1CNC1. The zero-order chi connectivity index (χ0) is 7.61. The summed E-state index contributed by atoms with van der Waals surface area (Å²) in [5.41, 5.74) is 1.20. The minimum absolute atomic E-state index is 0.185. The van der Waals surface area contributed by atoms with Gasteiger partial charge in [-0.3, -0.25) is 0 Å². The quantitative estimate of drug-likeness (QED) is 0.558. The summed E-state index contributed by atoms with van der Waals surface area (Å²) in [5, 5.41) is 3.03. The molecule has 1 fully saturated rings. The summed E-state index contributed by atoms with van der Waals surface area (Å²) in [4.78, 5) is 0. The summed E-state index contributed by atoms with van der Waals surface area (Å²) in [5.74, 6) is 0.185. The van der Waals surface area contributed by atoms with Crippen molar-refractivity contribution >= 4 is 9.84 Å². The number of rotatable bonds is 2. The van der Waals surface area contributed by atoms with Crippen molar-refractivity contribution in [3.05, 3.63) is 11.6 Å². The molecule has 0 saturated carbocycles. The van der Waals surface area contributed by atoms with Gasteiger partial charge < -0.3 is 5.32 Å². The van der Waals surface area contributed by atoms with Gasteiger partial charge in [-0.05, 0) is 5.57 Å². The molecule has 10 heavy (non-hydrogen) atoms. The van der Waals surface area contributed by atoms with Crippen molar-refractivity contribution < 1.29 is 8.42 Å². The number of hydrogen-bond acceptors (Lipinski definition) is 3. The van der Waals surface area contributed by atoms with E-state index in [2.05, 4.69) is 5.32 Å². The van der Waals surface area contributed by atoms with Crippen molar-refractivity contribution in [3.8, 4) is 0 Å². The highest BCUT2D eigenvalue weighted by Gasteiger charge is 2.07. The van der Waals surface area contributed by atoms with E-state index in [1.54, 1.807) is 6.08 Å². The Morgan fingerprint density at radius 1 is 1.60 bits per heavy atom. The molecule has 0 aromatic heterocycles. The van der Waals surface area contributed by atoms with Gasteiger partial charge in [0.2, 0.25) is 0 Å². The van der Waals surface area contributed by atoms with Crippen molar-refractivity contribution in [2.45, 2.75) is 0 Å². The Hall–Kier alpha value is -0.350. The highest BCUT2D eigenvalue weighted by Crippen LogP contribution is 2.00. The number of nitrogens with one attached hydrogen (secondary N) is 1. The van der Waals surface area contributed by atoms with Crippen molar-refractivity contribution in [2.24, 2.45) is 0 Å². The molecule has 1 N–H and O–H groups in total. The zero-order valence-electron chi connectivity index (χ0n) is 5.92. The molecular formula is C6H11NO2S. The van der Waals surface area contributed by atoms with Crippen LogP contribution < -0.4 is 5.32 Å². The van der Waals surface area contributed by atoms with Crippen molar-refractivity contribution in [1.82, 2.24) is 5.32 Å². The third-order valence-corrected chi connectivity index (χ3v) is 2.15. The van der Waals surface area contributed by atoms with Gasteiger partial charge in [-0.2, -0.15) is 0 Å². The fourth-order valence-electron chi connectivity index (χ4n) is 0.683. The lowest BCUT2D eigenvalue weighted by molar-refractivity contribution is 0.603. The van der Waals surface area contributed by atoms with Gasteiger partial charge in [0, 0.05) is 19.3 Å². The second-order valence-corrected chi connectivity index (χ2v) is 4.74. The smallest absolute Gasteiger partial charge is 0.151 e.